The lowest BCUT2D eigenvalue weighted by molar-refractivity contribution is 0.669. The van der Waals surface area contributed by atoms with Gasteiger partial charge in [-0.3, -0.25) is 0 Å². The Hall–Kier alpha value is -5.64. The average molecular weight is 594 g/mol. The number of fused-ring (bicyclic) bond motifs is 7. The zero-order valence-corrected chi connectivity index (χ0v) is 25.2. The van der Waals surface area contributed by atoms with Gasteiger partial charge in [0.05, 0.1) is 16.8 Å². The van der Waals surface area contributed by atoms with Gasteiger partial charge in [-0.1, -0.05) is 115 Å². The Balaban J connectivity index is 1.35. The van der Waals surface area contributed by atoms with E-state index in [1.54, 1.807) is 0 Å². The third-order valence-electron chi connectivity index (χ3n) is 8.69. The van der Waals surface area contributed by atoms with Crippen molar-refractivity contribution in [1.82, 2.24) is 0 Å². The predicted octanol–water partition coefficient (Wildman–Crippen LogP) is 12.8. The van der Waals surface area contributed by atoms with Gasteiger partial charge < -0.3 is 9.32 Å². The number of nitrogens with zero attached hydrogens (tertiary/aromatic N) is 1. The maximum atomic E-state index is 6.59. The molecule has 3 heteroatoms. The van der Waals surface area contributed by atoms with Crippen molar-refractivity contribution in [2.75, 3.05) is 4.90 Å². The zero-order valence-electron chi connectivity index (χ0n) is 24.4. The first-order valence-corrected chi connectivity index (χ1v) is 16.0. The zero-order chi connectivity index (χ0) is 29.7. The molecule has 0 aliphatic carbocycles. The molecule has 0 spiro atoms. The molecule has 0 aliphatic rings. The van der Waals surface area contributed by atoms with Crippen LogP contribution in [0.3, 0.4) is 0 Å². The maximum Gasteiger partial charge on any atom is 0.137 e. The highest BCUT2D eigenvalue weighted by molar-refractivity contribution is 7.26. The normalized spacial score (nSPS) is 11.6. The molecule has 0 bridgehead atoms. The molecule has 0 amide bonds. The van der Waals surface area contributed by atoms with Crippen LogP contribution in [0, 0.1) is 0 Å². The van der Waals surface area contributed by atoms with Gasteiger partial charge in [0.2, 0.25) is 0 Å². The summed E-state index contributed by atoms with van der Waals surface area (Å²) in [6.07, 6.45) is 0. The number of furan rings is 1. The largest absolute Gasteiger partial charge is 0.456 e. The Morgan fingerprint density at radius 2 is 1.07 bits per heavy atom. The third kappa shape index (κ3) is 4.24. The van der Waals surface area contributed by atoms with Gasteiger partial charge in [0.1, 0.15) is 11.2 Å². The SMILES string of the molecule is c1ccc(-c2ccc(N(c3ccccc3-c3ccccc3)c3cccc4oc5ccc6c7ccccc7sc6c5c34)cc2)cc1. The Morgan fingerprint density at radius 1 is 0.422 bits per heavy atom. The number of para-hydroxylation sites is 1. The molecule has 0 radical (unpaired) electrons. The van der Waals surface area contributed by atoms with Gasteiger partial charge in [-0.2, -0.15) is 0 Å². The highest BCUT2D eigenvalue weighted by atomic mass is 32.1. The molecule has 0 saturated heterocycles. The third-order valence-corrected chi connectivity index (χ3v) is 9.89. The van der Waals surface area contributed by atoms with E-state index in [0.717, 1.165) is 33.6 Å². The number of rotatable bonds is 5. The lowest BCUT2D eigenvalue weighted by Crippen LogP contribution is -2.11. The van der Waals surface area contributed by atoms with Gasteiger partial charge in [0.25, 0.3) is 0 Å². The monoisotopic (exact) mass is 593 g/mol. The van der Waals surface area contributed by atoms with Crippen molar-refractivity contribution in [3.8, 4) is 22.3 Å². The van der Waals surface area contributed by atoms with Gasteiger partial charge in [0.15, 0.2) is 0 Å². The number of hydrogen-bond acceptors (Lipinski definition) is 3. The summed E-state index contributed by atoms with van der Waals surface area (Å²) >= 11 is 1.84. The molecule has 9 aromatic rings. The van der Waals surface area contributed by atoms with Crippen molar-refractivity contribution in [3.63, 3.8) is 0 Å². The molecule has 9 rings (SSSR count). The topological polar surface area (TPSA) is 16.4 Å². The molecule has 7 aromatic carbocycles. The second kappa shape index (κ2) is 10.5. The van der Waals surface area contributed by atoms with E-state index in [9.17, 15) is 0 Å². The summed E-state index contributed by atoms with van der Waals surface area (Å²) in [5.74, 6) is 0. The molecule has 2 nitrogen and oxygen atoms in total. The Kier molecular flexibility index (Phi) is 6.03. The van der Waals surface area contributed by atoms with Crippen LogP contribution in [-0.4, -0.2) is 0 Å². The standard InChI is InChI=1S/C42H27NOS/c1-3-12-28(13-4-1)29-22-24-31(25-23-29)43(35-18-9-7-16-32(35)30-14-5-2-6-15-30)36-19-11-20-37-40(36)41-38(44-37)27-26-34-33-17-8-10-21-39(33)45-42(34)41/h1-27H. The number of benzene rings is 7. The second-order valence-corrected chi connectivity index (χ2v) is 12.3. The minimum Gasteiger partial charge on any atom is -0.456 e. The van der Waals surface area contributed by atoms with E-state index in [4.69, 9.17) is 4.42 Å². The summed E-state index contributed by atoms with van der Waals surface area (Å²) in [5, 5.41) is 4.85. The van der Waals surface area contributed by atoms with Gasteiger partial charge in [-0.25, -0.2) is 0 Å². The van der Waals surface area contributed by atoms with Crippen LogP contribution in [-0.2, 0) is 0 Å². The Bertz CT molecular complexity index is 2470. The van der Waals surface area contributed by atoms with Crippen LogP contribution in [0.25, 0.3) is 64.4 Å². The minimum absolute atomic E-state index is 0.885. The van der Waals surface area contributed by atoms with Crippen molar-refractivity contribution in [2.24, 2.45) is 0 Å². The first kappa shape index (κ1) is 25.8. The fraction of sp³-hybridized carbons (Fsp3) is 0. The average Bonchev–Trinajstić information content (AvgIpc) is 3.69. The predicted molar refractivity (Wildman–Crippen MR) is 192 cm³/mol. The van der Waals surface area contributed by atoms with E-state index in [1.807, 2.05) is 11.3 Å². The van der Waals surface area contributed by atoms with Crippen LogP contribution in [0.1, 0.15) is 0 Å². The molecule has 212 valence electrons. The van der Waals surface area contributed by atoms with E-state index in [-0.39, 0.29) is 0 Å². The lowest BCUT2D eigenvalue weighted by Gasteiger charge is -2.28. The molecule has 0 aliphatic heterocycles. The smallest absolute Gasteiger partial charge is 0.137 e. The van der Waals surface area contributed by atoms with Crippen LogP contribution < -0.4 is 4.90 Å². The van der Waals surface area contributed by atoms with Crippen LogP contribution in [0.5, 0.6) is 0 Å². The van der Waals surface area contributed by atoms with Gasteiger partial charge in [-0.15, -0.1) is 11.3 Å². The molecule has 0 atom stereocenters. The van der Waals surface area contributed by atoms with E-state index >= 15 is 0 Å². The molecule has 0 N–H and O–H groups in total. The first-order chi connectivity index (χ1) is 22.3. The summed E-state index contributed by atoms with van der Waals surface area (Å²) in [5.41, 5.74) is 9.82. The quantitative estimate of drug-likeness (QED) is 0.197. The molecule has 0 saturated carbocycles. The summed E-state index contributed by atoms with van der Waals surface area (Å²) in [6.45, 7) is 0. The van der Waals surface area contributed by atoms with E-state index < -0.39 is 0 Å². The van der Waals surface area contributed by atoms with Gasteiger partial charge in [0, 0.05) is 36.8 Å². The molecule has 2 aromatic heterocycles. The van der Waals surface area contributed by atoms with Crippen molar-refractivity contribution in [1.29, 1.82) is 0 Å². The van der Waals surface area contributed by atoms with Crippen LogP contribution in [0.15, 0.2) is 168 Å². The van der Waals surface area contributed by atoms with Gasteiger partial charge >= 0.3 is 0 Å². The van der Waals surface area contributed by atoms with E-state index in [1.165, 1.54) is 47.8 Å². The lowest BCUT2D eigenvalue weighted by atomic mass is 10.00. The number of anilines is 3. The van der Waals surface area contributed by atoms with Crippen molar-refractivity contribution < 1.29 is 4.42 Å². The summed E-state index contributed by atoms with van der Waals surface area (Å²) in [6, 6.07) is 58.3. The fourth-order valence-corrected chi connectivity index (χ4v) is 7.87. The molecular weight excluding hydrogens is 567 g/mol. The second-order valence-electron chi connectivity index (χ2n) is 11.3. The molecule has 2 heterocycles. The van der Waals surface area contributed by atoms with Crippen molar-refractivity contribution in [3.05, 3.63) is 164 Å². The highest BCUT2D eigenvalue weighted by Gasteiger charge is 2.23. The molecular formula is C42H27NOS. The maximum absolute atomic E-state index is 6.59. The molecule has 45 heavy (non-hydrogen) atoms. The van der Waals surface area contributed by atoms with Gasteiger partial charge in [-0.05, 0) is 65.2 Å². The Morgan fingerprint density at radius 3 is 1.89 bits per heavy atom. The Labute approximate surface area is 265 Å². The highest BCUT2D eigenvalue weighted by Crippen LogP contribution is 2.49. The van der Waals surface area contributed by atoms with Crippen molar-refractivity contribution >= 4 is 70.5 Å². The first-order valence-electron chi connectivity index (χ1n) is 15.2. The van der Waals surface area contributed by atoms with E-state index in [2.05, 4.69) is 169 Å². The van der Waals surface area contributed by atoms with Crippen LogP contribution in [0.2, 0.25) is 0 Å². The van der Waals surface area contributed by atoms with E-state index in [0.29, 0.717) is 0 Å². The van der Waals surface area contributed by atoms with Crippen LogP contribution in [0.4, 0.5) is 17.1 Å². The molecule has 0 fully saturated rings. The summed E-state index contributed by atoms with van der Waals surface area (Å²) < 4.78 is 9.14. The summed E-state index contributed by atoms with van der Waals surface area (Å²) in [4.78, 5) is 2.40. The minimum atomic E-state index is 0.885. The fourth-order valence-electron chi connectivity index (χ4n) is 6.63. The van der Waals surface area contributed by atoms with Crippen molar-refractivity contribution in [2.45, 2.75) is 0 Å². The number of thiophene rings is 1. The molecule has 0 unspecified atom stereocenters. The van der Waals surface area contributed by atoms with Crippen LogP contribution >= 0.6 is 11.3 Å². The summed E-state index contributed by atoms with van der Waals surface area (Å²) in [7, 11) is 0. The number of hydrogen-bond donors (Lipinski definition) is 0.